The van der Waals surface area contributed by atoms with Crippen LogP contribution in [0.2, 0.25) is 0 Å². The van der Waals surface area contributed by atoms with Gasteiger partial charge < -0.3 is 10.4 Å². The Morgan fingerprint density at radius 3 is 2.41 bits per heavy atom. The van der Waals surface area contributed by atoms with Gasteiger partial charge in [-0.3, -0.25) is 0 Å². The summed E-state index contributed by atoms with van der Waals surface area (Å²) in [6, 6.07) is 7.50. The standard InChI is InChI=1S/C12H12BrF2NO/c1-8-2-4-9(5-3-8)10-6-11(17,16-7-10)12(13,14)15/h2-5,7,16-17H,6H2,1H3. The highest BCUT2D eigenvalue weighted by molar-refractivity contribution is 9.10. The van der Waals surface area contributed by atoms with Gasteiger partial charge in [0.05, 0.1) is 0 Å². The fourth-order valence-corrected chi connectivity index (χ4v) is 1.97. The lowest BCUT2D eigenvalue weighted by Gasteiger charge is -2.28. The summed E-state index contributed by atoms with van der Waals surface area (Å²) in [4.78, 5) is -3.37. The van der Waals surface area contributed by atoms with Crippen molar-refractivity contribution >= 4 is 21.5 Å². The minimum Gasteiger partial charge on any atom is -0.365 e. The summed E-state index contributed by atoms with van der Waals surface area (Å²) in [5, 5.41) is 12.1. The highest BCUT2D eigenvalue weighted by Crippen LogP contribution is 2.42. The summed E-state index contributed by atoms with van der Waals surface area (Å²) in [5.74, 6) is 0. The van der Waals surface area contributed by atoms with Gasteiger partial charge in [0.25, 0.3) is 0 Å². The van der Waals surface area contributed by atoms with Crippen LogP contribution in [0.25, 0.3) is 5.57 Å². The molecule has 0 radical (unpaired) electrons. The number of nitrogens with one attached hydrogen (secondary N) is 1. The number of rotatable bonds is 2. The molecular weight excluding hydrogens is 292 g/mol. The van der Waals surface area contributed by atoms with Crippen LogP contribution in [-0.2, 0) is 0 Å². The molecule has 0 amide bonds. The van der Waals surface area contributed by atoms with Crippen molar-refractivity contribution in [3.05, 3.63) is 41.6 Å². The quantitative estimate of drug-likeness (QED) is 0.823. The van der Waals surface area contributed by atoms with Crippen molar-refractivity contribution in [1.29, 1.82) is 0 Å². The van der Waals surface area contributed by atoms with Crippen molar-refractivity contribution in [2.45, 2.75) is 23.9 Å². The molecule has 2 N–H and O–H groups in total. The predicted molar refractivity (Wildman–Crippen MR) is 65.7 cm³/mol. The van der Waals surface area contributed by atoms with Gasteiger partial charge in [-0.25, -0.2) is 0 Å². The van der Waals surface area contributed by atoms with Crippen LogP contribution in [-0.4, -0.2) is 15.7 Å². The number of halogens is 3. The Hall–Kier alpha value is -0.940. The first-order valence-electron chi connectivity index (χ1n) is 5.15. The Balaban J connectivity index is 2.20. The van der Waals surface area contributed by atoms with E-state index < -0.39 is 10.6 Å². The van der Waals surface area contributed by atoms with E-state index in [1.54, 1.807) is 0 Å². The number of benzene rings is 1. The minimum absolute atomic E-state index is 0.145. The van der Waals surface area contributed by atoms with Gasteiger partial charge in [0.1, 0.15) is 0 Å². The lowest BCUT2D eigenvalue weighted by Crippen LogP contribution is -2.51. The van der Waals surface area contributed by atoms with E-state index in [4.69, 9.17) is 0 Å². The second kappa shape index (κ2) is 4.07. The third-order valence-electron chi connectivity index (χ3n) is 2.82. The van der Waals surface area contributed by atoms with Gasteiger partial charge in [0.2, 0.25) is 5.72 Å². The molecule has 0 saturated heterocycles. The summed E-state index contributed by atoms with van der Waals surface area (Å²) < 4.78 is 26.3. The summed E-state index contributed by atoms with van der Waals surface area (Å²) in [5.41, 5.74) is 0.330. The maximum absolute atomic E-state index is 13.1. The minimum atomic E-state index is -3.37. The Morgan fingerprint density at radius 2 is 1.94 bits per heavy atom. The van der Waals surface area contributed by atoms with Crippen LogP contribution in [0.3, 0.4) is 0 Å². The molecule has 0 aromatic heterocycles. The van der Waals surface area contributed by atoms with Crippen molar-refractivity contribution < 1.29 is 13.9 Å². The largest absolute Gasteiger partial charge is 0.365 e. The zero-order valence-corrected chi connectivity index (χ0v) is 10.8. The van der Waals surface area contributed by atoms with E-state index >= 15 is 0 Å². The van der Waals surface area contributed by atoms with Gasteiger partial charge in [0, 0.05) is 12.6 Å². The second-order valence-corrected chi connectivity index (χ2v) is 5.21. The SMILES string of the molecule is Cc1ccc(C2=CNC(O)(C(F)(F)Br)C2)cc1. The first-order valence-corrected chi connectivity index (χ1v) is 5.94. The molecule has 1 aliphatic rings. The van der Waals surface area contributed by atoms with Crippen LogP contribution in [0.1, 0.15) is 17.5 Å². The van der Waals surface area contributed by atoms with Crippen molar-refractivity contribution in [3.63, 3.8) is 0 Å². The number of aryl methyl sites for hydroxylation is 1. The predicted octanol–water partition coefficient (Wildman–Crippen LogP) is 3.01. The molecular formula is C12H12BrF2NO. The summed E-state index contributed by atoms with van der Waals surface area (Å²) in [6.45, 7) is 1.95. The molecule has 0 aliphatic carbocycles. The van der Waals surface area contributed by atoms with Gasteiger partial charge in [-0.15, -0.1) is 0 Å². The number of hydrogen-bond acceptors (Lipinski definition) is 2. The normalized spacial score (nSPS) is 24.4. The van der Waals surface area contributed by atoms with E-state index in [0.717, 1.165) is 11.1 Å². The van der Waals surface area contributed by atoms with Crippen LogP contribution < -0.4 is 5.32 Å². The highest BCUT2D eigenvalue weighted by Gasteiger charge is 2.53. The number of alkyl halides is 3. The van der Waals surface area contributed by atoms with Crippen molar-refractivity contribution in [3.8, 4) is 0 Å². The first kappa shape index (κ1) is 12.5. The molecule has 5 heteroatoms. The number of hydrogen-bond donors (Lipinski definition) is 2. The molecule has 2 nitrogen and oxygen atoms in total. The monoisotopic (exact) mass is 303 g/mol. The van der Waals surface area contributed by atoms with Gasteiger partial charge in [-0.2, -0.15) is 8.78 Å². The molecule has 0 spiro atoms. The molecule has 1 aliphatic heterocycles. The van der Waals surface area contributed by atoms with Gasteiger partial charge in [0.15, 0.2) is 0 Å². The van der Waals surface area contributed by atoms with Crippen LogP contribution in [0.4, 0.5) is 8.78 Å². The Bertz CT molecular complexity index is 453. The molecule has 1 atom stereocenters. The topological polar surface area (TPSA) is 32.3 Å². The fraction of sp³-hybridized carbons (Fsp3) is 0.333. The van der Waals surface area contributed by atoms with E-state index in [2.05, 4.69) is 21.2 Å². The summed E-state index contributed by atoms with van der Waals surface area (Å²) >= 11 is 2.19. The fourth-order valence-electron chi connectivity index (χ4n) is 1.72. The smallest absolute Gasteiger partial charge is 0.347 e. The van der Waals surface area contributed by atoms with Crippen LogP contribution >= 0.6 is 15.9 Å². The molecule has 2 rings (SSSR count). The Kier molecular flexibility index (Phi) is 2.99. The van der Waals surface area contributed by atoms with Gasteiger partial charge in [-0.1, -0.05) is 29.8 Å². The van der Waals surface area contributed by atoms with Gasteiger partial charge >= 0.3 is 4.83 Å². The van der Waals surface area contributed by atoms with Crippen LogP contribution in [0, 0.1) is 6.92 Å². The van der Waals surface area contributed by atoms with Crippen molar-refractivity contribution in [1.82, 2.24) is 5.32 Å². The zero-order valence-electron chi connectivity index (χ0n) is 9.17. The van der Waals surface area contributed by atoms with E-state index in [1.165, 1.54) is 6.20 Å². The molecule has 0 fully saturated rings. The summed E-state index contributed by atoms with van der Waals surface area (Å²) in [6.07, 6.45) is 1.29. The summed E-state index contributed by atoms with van der Waals surface area (Å²) in [7, 11) is 0. The van der Waals surface area contributed by atoms with Crippen molar-refractivity contribution in [2.75, 3.05) is 0 Å². The van der Waals surface area contributed by atoms with E-state index in [0.29, 0.717) is 5.57 Å². The maximum Gasteiger partial charge on any atom is 0.347 e. The molecule has 17 heavy (non-hydrogen) atoms. The second-order valence-electron chi connectivity index (χ2n) is 4.21. The maximum atomic E-state index is 13.1. The first-order chi connectivity index (χ1) is 7.82. The van der Waals surface area contributed by atoms with Crippen LogP contribution in [0.5, 0.6) is 0 Å². The molecule has 1 heterocycles. The number of aliphatic hydroxyl groups is 1. The lowest BCUT2D eigenvalue weighted by molar-refractivity contribution is -0.121. The highest BCUT2D eigenvalue weighted by atomic mass is 79.9. The molecule has 1 unspecified atom stereocenters. The average molecular weight is 304 g/mol. The van der Waals surface area contributed by atoms with Crippen molar-refractivity contribution in [2.24, 2.45) is 0 Å². The third kappa shape index (κ3) is 2.35. The molecule has 0 bridgehead atoms. The van der Waals surface area contributed by atoms with E-state index in [9.17, 15) is 13.9 Å². The molecule has 0 saturated carbocycles. The van der Waals surface area contributed by atoms with Crippen LogP contribution in [0.15, 0.2) is 30.5 Å². The lowest BCUT2D eigenvalue weighted by atomic mass is 10.00. The molecule has 92 valence electrons. The Labute approximate surface area is 106 Å². The van der Waals surface area contributed by atoms with E-state index in [-0.39, 0.29) is 6.42 Å². The van der Waals surface area contributed by atoms with Gasteiger partial charge in [-0.05, 0) is 34.0 Å². The molecule has 1 aromatic rings. The third-order valence-corrected chi connectivity index (χ3v) is 3.48. The average Bonchev–Trinajstić information content (AvgIpc) is 2.63. The zero-order chi connectivity index (χ0) is 12.7. The molecule has 1 aromatic carbocycles. The van der Waals surface area contributed by atoms with E-state index in [1.807, 2.05) is 31.2 Å². The Morgan fingerprint density at radius 1 is 1.35 bits per heavy atom.